The number of carbonyl (C=O) groups excluding carboxylic acids is 2. The second-order valence-corrected chi connectivity index (χ2v) is 6.24. The lowest BCUT2D eigenvalue weighted by molar-refractivity contribution is -0.139. The van der Waals surface area contributed by atoms with Gasteiger partial charge in [0.25, 0.3) is 0 Å². The van der Waals surface area contributed by atoms with Gasteiger partial charge in [0.15, 0.2) is 0 Å². The van der Waals surface area contributed by atoms with Crippen LogP contribution in [0.1, 0.15) is 25.5 Å². The molecular formula is C20H22N2O4. The third-order valence-corrected chi connectivity index (χ3v) is 4.14. The summed E-state index contributed by atoms with van der Waals surface area (Å²) in [6.07, 6.45) is 2.79. The molecule has 1 aliphatic heterocycles. The lowest BCUT2D eigenvalue weighted by Gasteiger charge is -2.15. The van der Waals surface area contributed by atoms with Crippen LogP contribution in [0.4, 0.5) is 0 Å². The normalized spacial score (nSPS) is 16.6. The molecule has 136 valence electrons. The first-order valence-corrected chi connectivity index (χ1v) is 8.78. The number of hydrogen-bond acceptors (Lipinski definition) is 5. The van der Waals surface area contributed by atoms with Crippen molar-refractivity contribution >= 4 is 11.9 Å². The maximum absolute atomic E-state index is 12.4. The van der Waals surface area contributed by atoms with E-state index in [1.165, 1.54) is 0 Å². The van der Waals surface area contributed by atoms with Crippen LogP contribution in [0.15, 0.2) is 48.7 Å². The molecule has 1 atom stereocenters. The number of aromatic nitrogens is 1. The Balaban J connectivity index is 1.54. The molecule has 1 aromatic heterocycles. The maximum Gasteiger partial charge on any atom is 0.316 e. The Kier molecular flexibility index (Phi) is 5.84. The minimum absolute atomic E-state index is 0.0547. The molecule has 3 rings (SSSR count). The molecule has 1 unspecified atom stereocenters. The highest BCUT2D eigenvalue weighted by molar-refractivity contribution is 5.87. The fourth-order valence-electron chi connectivity index (χ4n) is 2.79. The van der Waals surface area contributed by atoms with Gasteiger partial charge in [-0.2, -0.15) is 0 Å². The summed E-state index contributed by atoms with van der Waals surface area (Å²) in [4.78, 5) is 30.4. The monoisotopic (exact) mass is 354 g/mol. The first-order chi connectivity index (χ1) is 12.7. The van der Waals surface area contributed by atoms with Gasteiger partial charge in [-0.05, 0) is 42.8 Å². The molecular weight excluding hydrogens is 332 g/mol. The van der Waals surface area contributed by atoms with Crippen LogP contribution in [-0.4, -0.2) is 34.9 Å². The highest BCUT2D eigenvalue weighted by Crippen LogP contribution is 2.23. The van der Waals surface area contributed by atoms with Crippen LogP contribution < -0.4 is 9.47 Å². The van der Waals surface area contributed by atoms with E-state index < -0.39 is 5.92 Å². The van der Waals surface area contributed by atoms with Crippen LogP contribution in [0.3, 0.4) is 0 Å². The van der Waals surface area contributed by atoms with Crippen molar-refractivity contribution in [1.82, 2.24) is 9.88 Å². The fourth-order valence-corrected chi connectivity index (χ4v) is 2.79. The van der Waals surface area contributed by atoms with Crippen LogP contribution in [0.2, 0.25) is 0 Å². The van der Waals surface area contributed by atoms with Crippen molar-refractivity contribution < 1.29 is 19.1 Å². The van der Waals surface area contributed by atoms with Gasteiger partial charge in [0, 0.05) is 19.2 Å². The Morgan fingerprint density at radius 1 is 1.19 bits per heavy atom. The lowest BCUT2D eigenvalue weighted by Crippen LogP contribution is -2.27. The number of carbonyl (C=O) groups is 2. The minimum Gasteiger partial charge on any atom is -0.494 e. The molecule has 26 heavy (non-hydrogen) atoms. The van der Waals surface area contributed by atoms with Crippen LogP contribution in [0, 0.1) is 5.92 Å². The summed E-state index contributed by atoms with van der Waals surface area (Å²) in [5, 5.41) is 0. The molecule has 1 amide bonds. The number of rotatable bonds is 7. The maximum atomic E-state index is 12.4. The number of amides is 1. The zero-order valence-electron chi connectivity index (χ0n) is 14.8. The van der Waals surface area contributed by atoms with Gasteiger partial charge in [-0.15, -0.1) is 0 Å². The number of esters is 1. The summed E-state index contributed by atoms with van der Waals surface area (Å²) in [6.45, 7) is 3.45. The van der Waals surface area contributed by atoms with Gasteiger partial charge in [0.05, 0.1) is 24.8 Å². The van der Waals surface area contributed by atoms with E-state index in [-0.39, 0.29) is 18.3 Å². The highest BCUT2D eigenvalue weighted by atomic mass is 16.5. The molecule has 1 fully saturated rings. The van der Waals surface area contributed by atoms with E-state index in [1.807, 2.05) is 25.1 Å². The van der Waals surface area contributed by atoms with Crippen LogP contribution in [0.25, 0.3) is 0 Å². The summed E-state index contributed by atoms with van der Waals surface area (Å²) in [5.74, 6) is 0.297. The number of benzene rings is 1. The molecule has 0 aliphatic carbocycles. The summed E-state index contributed by atoms with van der Waals surface area (Å²) in [5.41, 5.74) is 0.803. The largest absolute Gasteiger partial charge is 0.494 e. The Bertz CT molecular complexity index is 746. The Morgan fingerprint density at radius 2 is 1.96 bits per heavy atom. The molecule has 0 N–H and O–H groups in total. The second kappa shape index (κ2) is 8.47. The van der Waals surface area contributed by atoms with E-state index in [0.29, 0.717) is 25.4 Å². The smallest absolute Gasteiger partial charge is 0.316 e. The third-order valence-electron chi connectivity index (χ3n) is 4.14. The number of pyridine rings is 1. The van der Waals surface area contributed by atoms with Crippen molar-refractivity contribution in [2.24, 2.45) is 5.92 Å². The SMILES string of the molecule is CCCOc1ccc(OC(=O)C2CC(=O)N(Cc3ccccn3)C2)cc1. The minimum atomic E-state index is -0.456. The molecule has 0 radical (unpaired) electrons. The summed E-state index contributed by atoms with van der Waals surface area (Å²) in [7, 11) is 0. The van der Waals surface area contributed by atoms with Crippen molar-refractivity contribution in [3.8, 4) is 11.5 Å². The standard InChI is InChI=1S/C20H22N2O4/c1-2-11-25-17-6-8-18(9-7-17)26-20(24)15-12-19(23)22(13-15)14-16-5-3-4-10-21-16/h3-10,15H,2,11-14H2,1H3. The highest BCUT2D eigenvalue weighted by Gasteiger charge is 2.35. The van der Waals surface area contributed by atoms with E-state index in [0.717, 1.165) is 17.9 Å². The third kappa shape index (κ3) is 4.59. The number of ether oxygens (including phenoxy) is 2. The molecule has 1 saturated heterocycles. The van der Waals surface area contributed by atoms with Crippen LogP contribution >= 0.6 is 0 Å². The predicted molar refractivity (Wildman–Crippen MR) is 95.6 cm³/mol. The Morgan fingerprint density at radius 3 is 2.65 bits per heavy atom. The zero-order chi connectivity index (χ0) is 18.4. The fraction of sp³-hybridized carbons (Fsp3) is 0.350. The quantitative estimate of drug-likeness (QED) is 0.565. The van der Waals surface area contributed by atoms with Gasteiger partial charge < -0.3 is 14.4 Å². The topological polar surface area (TPSA) is 68.7 Å². The van der Waals surface area contributed by atoms with Gasteiger partial charge in [-0.3, -0.25) is 14.6 Å². The average Bonchev–Trinajstić information content (AvgIpc) is 3.03. The molecule has 1 aliphatic rings. The number of likely N-dealkylation sites (tertiary alicyclic amines) is 1. The van der Waals surface area contributed by atoms with E-state index in [2.05, 4.69) is 4.98 Å². The molecule has 0 spiro atoms. The van der Waals surface area contributed by atoms with Crippen molar-refractivity contribution in [1.29, 1.82) is 0 Å². The van der Waals surface area contributed by atoms with E-state index in [4.69, 9.17) is 9.47 Å². The molecule has 0 saturated carbocycles. The van der Waals surface area contributed by atoms with E-state index in [1.54, 1.807) is 35.4 Å². The molecule has 6 nitrogen and oxygen atoms in total. The van der Waals surface area contributed by atoms with Crippen molar-refractivity contribution in [2.45, 2.75) is 26.3 Å². The first-order valence-electron chi connectivity index (χ1n) is 8.78. The Labute approximate surface area is 152 Å². The summed E-state index contributed by atoms with van der Waals surface area (Å²) in [6, 6.07) is 12.5. The van der Waals surface area contributed by atoms with Crippen molar-refractivity contribution in [3.63, 3.8) is 0 Å². The Hall–Kier alpha value is -2.89. The molecule has 0 bridgehead atoms. The number of hydrogen-bond donors (Lipinski definition) is 0. The molecule has 2 aromatic rings. The lowest BCUT2D eigenvalue weighted by atomic mass is 10.1. The van der Waals surface area contributed by atoms with Gasteiger partial charge in [-0.1, -0.05) is 13.0 Å². The second-order valence-electron chi connectivity index (χ2n) is 6.24. The van der Waals surface area contributed by atoms with Crippen molar-refractivity contribution in [3.05, 3.63) is 54.4 Å². The van der Waals surface area contributed by atoms with Gasteiger partial charge >= 0.3 is 5.97 Å². The summed E-state index contributed by atoms with van der Waals surface area (Å²) >= 11 is 0. The number of nitrogens with zero attached hydrogens (tertiary/aromatic N) is 2. The first kappa shape index (κ1) is 17.9. The molecule has 1 aromatic carbocycles. The molecule has 6 heteroatoms. The summed E-state index contributed by atoms with van der Waals surface area (Å²) < 4.78 is 10.9. The molecule has 2 heterocycles. The van der Waals surface area contributed by atoms with Gasteiger partial charge in [0.1, 0.15) is 11.5 Å². The zero-order valence-corrected chi connectivity index (χ0v) is 14.8. The van der Waals surface area contributed by atoms with Crippen LogP contribution in [0.5, 0.6) is 11.5 Å². The average molecular weight is 354 g/mol. The van der Waals surface area contributed by atoms with E-state index >= 15 is 0 Å². The van der Waals surface area contributed by atoms with Crippen LogP contribution in [-0.2, 0) is 16.1 Å². The van der Waals surface area contributed by atoms with Gasteiger partial charge in [0.2, 0.25) is 5.91 Å². The van der Waals surface area contributed by atoms with E-state index in [9.17, 15) is 9.59 Å². The van der Waals surface area contributed by atoms with Gasteiger partial charge in [-0.25, -0.2) is 0 Å². The van der Waals surface area contributed by atoms with Crippen molar-refractivity contribution in [2.75, 3.05) is 13.2 Å². The predicted octanol–water partition coefficient (Wildman–Crippen LogP) is 2.82.